The monoisotopic (exact) mass is 227 g/mol. The van der Waals surface area contributed by atoms with Gasteiger partial charge >= 0.3 is 0 Å². The zero-order valence-electron chi connectivity index (χ0n) is 10.5. The summed E-state index contributed by atoms with van der Waals surface area (Å²) in [4.78, 5) is 0. The number of nitrogens with one attached hydrogen (secondary N) is 1. The fraction of sp³-hybridized carbons (Fsp3) is 1.00. The van der Waals surface area contributed by atoms with Gasteiger partial charge in [-0.3, -0.25) is 0 Å². The molecule has 2 saturated heterocycles. The van der Waals surface area contributed by atoms with Gasteiger partial charge in [-0.25, -0.2) is 0 Å². The highest BCUT2D eigenvalue weighted by Crippen LogP contribution is 2.19. The standard InChI is InChI=1S/C13H25NO2/c1-13(7-4-9-15-11-13)14-8-2-5-12-6-3-10-16-12/h12,14H,2-11H2,1H3. The first-order valence-electron chi connectivity index (χ1n) is 6.73. The summed E-state index contributed by atoms with van der Waals surface area (Å²) in [6.07, 6.45) is 7.92. The van der Waals surface area contributed by atoms with Crippen LogP contribution in [0, 0.1) is 0 Å². The van der Waals surface area contributed by atoms with Crippen molar-refractivity contribution in [1.29, 1.82) is 0 Å². The minimum atomic E-state index is 0.217. The van der Waals surface area contributed by atoms with E-state index in [1.165, 1.54) is 38.5 Å². The van der Waals surface area contributed by atoms with Crippen molar-refractivity contribution < 1.29 is 9.47 Å². The Morgan fingerprint density at radius 3 is 2.94 bits per heavy atom. The Bertz CT molecular complexity index is 196. The Kier molecular flexibility index (Phi) is 4.62. The lowest BCUT2D eigenvalue weighted by Crippen LogP contribution is -2.49. The van der Waals surface area contributed by atoms with Gasteiger partial charge in [0, 0.05) is 18.8 Å². The molecule has 0 aliphatic carbocycles. The van der Waals surface area contributed by atoms with Gasteiger partial charge < -0.3 is 14.8 Å². The molecule has 0 aromatic carbocycles. The predicted octanol–water partition coefficient (Wildman–Crippen LogP) is 2.10. The zero-order chi connectivity index (χ0) is 11.3. The molecule has 2 unspecified atom stereocenters. The van der Waals surface area contributed by atoms with E-state index in [9.17, 15) is 0 Å². The van der Waals surface area contributed by atoms with Crippen LogP contribution in [0.15, 0.2) is 0 Å². The lowest BCUT2D eigenvalue weighted by atomic mass is 9.94. The molecule has 0 aromatic heterocycles. The molecule has 1 N–H and O–H groups in total. The molecule has 2 fully saturated rings. The molecule has 3 heteroatoms. The Balaban J connectivity index is 1.56. The van der Waals surface area contributed by atoms with E-state index in [1.807, 2.05) is 0 Å². The maximum Gasteiger partial charge on any atom is 0.0645 e. The van der Waals surface area contributed by atoms with E-state index in [4.69, 9.17) is 9.47 Å². The van der Waals surface area contributed by atoms with E-state index < -0.39 is 0 Å². The molecule has 0 aromatic rings. The van der Waals surface area contributed by atoms with Crippen molar-refractivity contribution in [3.8, 4) is 0 Å². The van der Waals surface area contributed by atoms with Crippen molar-refractivity contribution in [1.82, 2.24) is 5.32 Å². The van der Waals surface area contributed by atoms with Crippen LogP contribution in [0.2, 0.25) is 0 Å². The van der Waals surface area contributed by atoms with E-state index in [2.05, 4.69) is 12.2 Å². The van der Waals surface area contributed by atoms with E-state index in [0.717, 1.165) is 26.4 Å². The van der Waals surface area contributed by atoms with Crippen LogP contribution >= 0.6 is 0 Å². The van der Waals surface area contributed by atoms with Gasteiger partial charge in [0.1, 0.15) is 0 Å². The third kappa shape index (κ3) is 3.72. The SMILES string of the molecule is CC1(NCCCC2CCCO2)CCCOC1. The normalized spacial score (nSPS) is 35.4. The number of hydrogen-bond acceptors (Lipinski definition) is 3. The average molecular weight is 227 g/mol. The van der Waals surface area contributed by atoms with E-state index >= 15 is 0 Å². The smallest absolute Gasteiger partial charge is 0.0645 e. The van der Waals surface area contributed by atoms with Crippen molar-refractivity contribution in [3.63, 3.8) is 0 Å². The summed E-state index contributed by atoms with van der Waals surface area (Å²) < 4.78 is 11.1. The van der Waals surface area contributed by atoms with Gasteiger partial charge in [0.05, 0.1) is 12.7 Å². The van der Waals surface area contributed by atoms with E-state index in [0.29, 0.717) is 6.10 Å². The molecule has 0 amide bonds. The zero-order valence-corrected chi connectivity index (χ0v) is 10.5. The van der Waals surface area contributed by atoms with Gasteiger partial charge in [0.15, 0.2) is 0 Å². The number of hydrogen-bond donors (Lipinski definition) is 1. The lowest BCUT2D eigenvalue weighted by Gasteiger charge is -2.34. The topological polar surface area (TPSA) is 30.5 Å². The molecular weight excluding hydrogens is 202 g/mol. The molecular formula is C13H25NO2. The van der Waals surface area contributed by atoms with Crippen LogP contribution in [0.5, 0.6) is 0 Å². The lowest BCUT2D eigenvalue weighted by molar-refractivity contribution is 0.0278. The Hall–Kier alpha value is -0.120. The molecule has 2 aliphatic rings. The van der Waals surface area contributed by atoms with Crippen LogP contribution in [0.4, 0.5) is 0 Å². The highest BCUT2D eigenvalue weighted by molar-refractivity contribution is 4.85. The largest absolute Gasteiger partial charge is 0.380 e. The Labute approximate surface area is 98.9 Å². The summed E-state index contributed by atoms with van der Waals surface area (Å²) in [5.74, 6) is 0. The van der Waals surface area contributed by atoms with E-state index in [-0.39, 0.29) is 5.54 Å². The molecule has 2 rings (SSSR count). The van der Waals surface area contributed by atoms with Gasteiger partial charge in [-0.15, -0.1) is 0 Å². The van der Waals surface area contributed by atoms with Crippen molar-refractivity contribution in [2.75, 3.05) is 26.4 Å². The fourth-order valence-electron chi connectivity index (χ4n) is 2.67. The second-order valence-corrected chi connectivity index (χ2v) is 5.42. The van der Waals surface area contributed by atoms with Crippen LogP contribution in [-0.2, 0) is 9.47 Å². The van der Waals surface area contributed by atoms with Gasteiger partial charge in [-0.1, -0.05) is 0 Å². The molecule has 2 atom stereocenters. The summed E-state index contributed by atoms with van der Waals surface area (Å²) >= 11 is 0. The average Bonchev–Trinajstić information content (AvgIpc) is 2.78. The summed E-state index contributed by atoms with van der Waals surface area (Å²) in [6, 6.07) is 0. The van der Waals surface area contributed by atoms with Gasteiger partial charge in [0.2, 0.25) is 0 Å². The maximum absolute atomic E-state index is 5.62. The molecule has 0 saturated carbocycles. The second-order valence-electron chi connectivity index (χ2n) is 5.42. The minimum absolute atomic E-state index is 0.217. The van der Waals surface area contributed by atoms with Crippen LogP contribution < -0.4 is 5.32 Å². The molecule has 16 heavy (non-hydrogen) atoms. The molecule has 2 heterocycles. The molecule has 2 aliphatic heterocycles. The van der Waals surface area contributed by atoms with Crippen LogP contribution in [0.1, 0.15) is 45.4 Å². The summed E-state index contributed by atoms with van der Waals surface area (Å²) in [5.41, 5.74) is 0.217. The molecule has 0 bridgehead atoms. The molecule has 3 nitrogen and oxygen atoms in total. The third-order valence-electron chi connectivity index (χ3n) is 3.72. The first-order valence-corrected chi connectivity index (χ1v) is 6.73. The molecule has 94 valence electrons. The summed E-state index contributed by atoms with van der Waals surface area (Å²) in [5, 5.41) is 3.64. The highest BCUT2D eigenvalue weighted by atomic mass is 16.5. The maximum atomic E-state index is 5.62. The van der Waals surface area contributed by atoms with Gasteiger partial charge in [0.25, 0.3) is 0 Å². The Morgan fingerprint density at radius 2 is 2.25 bits per heavy atom. The van der Waals surface area contributed by atoms with Crippen LogP contribution in [0.3, 0.4) is 0 Å². The van der Waals surface area contributed by atoms with Crippen molar-refractivity contribution in [2.45, 2.75) is 57.1 Å². The summed E-state index contributed by atoms with van der Waals surface area (Å²) in [6.45, 7) is 6.15. The van der Waals surface area contributed by atoms with E-state index in [1.54, 1.807) is 0 Å². The van der Waals surface area contributed by atoms with Crippen molar-refractivity contribution in [2.24, 2.45) is 0 Å². The number of rotatable bonds is 5. The second kappa shape index (κ2) is 5.99. The minimum Gasteiger partial charge on any atom is -0.380 e. The molecule has 0 spiro atoms. The Morgan fingerprint density at radius 1 is 1.31 bits per heavy atom. The van der Waals surface area contributed by atoms with Crippen LogP contribution in [-0.4, -0.2) is 38.0 Å². The quantitative estimate of drug-likeness (QED) is 0.730. The van der Waals surface area contributed by atoms with Gasteiger partial charge in [-0.2, -0.15) is 0 Å². The fourth-order valence-corrected chi connectivity index (χ4v) is 2.67. The molecule has 0 radical (unpaired) electrons. The van der Waals surface area contributed by atoms with Gasteiger partial charge in [-0.05, 0) is 52.0 Å². The van der Waals surface area contributed by atoms with Crippen molar-refractivity contribution >= 4 is 0 Å². The van der Waals surface area contributed by atoms with Crippen LogP contribution in [0.25, 0.3) is 0 Å². The highest BCUT2D eigenvalue weighted by Gasteiger charge is 2.26. The summed E-state index contributed by atoms with van der Waals surface area (Å²) in [7, 11) is 0. The third-order valence-corrected chi connectivity index (χ3v) is 3.72. The number of ether oxygens (including phenoxy) is 2. The van der Waals surface area contributed by atoms with Crippen molar-refractivity contribution in [3.05, 3.63) is 0 Å². The predicted molar refractivity (Wildman–Crippen MR) is 64.7 cm³/mol. The first-order chi connectivity index (χ1) is 7.79. The first kappa shape index (κ1) is 12.3.